The van der Waals surface area contributed by atoms with Crippen molar-refractivity contribution < 1.29 is 14.3 Å². The third-order valence-electron chi connectivity index (χ3n) is 6.51. The van der Waals surface area contributed by atoms with Crippen molar-refractivity contribution in [2.75, 3.05) is 12.3 Å². The van der Waals surface area contributed by atoms with E-state index in [4.69, 9.17) is 4.74 Å². The van der Waals surface area contributed by atoms with Crippen LogP contribution in [0.2, 0.25) is 0 Å². The molecule has 0 radical (unpaired) electrons. The second-order valence-corrected chi connectivity index (χ2v) is 9.36. The molecule has 4 nitrogen and oxygen atoms in total. The summed E-state index contributed by atoms with van der Waals surface area (Å²) in [6, 6.07) is 10.9. The highest BCUT2D eigenvalue weighted by atomic mass is 32.2. The van der Waals surface area contributed by atoms with Gasteiger partial charge in [-0.3, -0.25) is 4.79 Å². The molecule has 2 aromatic rings. The number of hydrogen-bond donors (Lipinski definition) is 0. The molecule has 1 saturated heterocycles. The smallest absolute Gasteiger partial charge is 0.344 e. The molecule has 0 saturated carbocycles. The molecule has 6 rings (SSSR count). The molecule has 5 heteroatoms. The largest absolute Gasteiger partial charge is 0.453 e. The summed E-state index contributed by atoms with van der Waals surface area (Å²) in [5.74, 6) is 0.0464. The van der Waals surface area contributed by atoms with Crippen molar-refractivity contribution in [2.24, 2.45) is 5.92 Å². The summed E-state index contributed by atoms with van der Waals surface area (Å²) in [6.07, 6.45) is 11.3. The molecular formula is C25H21NO3S. The van der Waals surface area contributed by atoms with Gasteiger partial charge in [-0.15, -0.1) is 11.8 Å². The Morgan fingerprint density at radius 3 is 2.80 bits per heavy atom. The molecule has 3 atom stereocenters. The predicted molar refractivity (Wildman–Crippen MR) is 118 cm³/mol. The van der Waals surface area contributed by atoms with Gasteiger partial charge in [0.25, 0.3) is 5.91 Å². The minimum absolute atomic E-state index is 0.0721. The lowest BCUT2D eigenvalue weighted by Crippen LogP contribution is -2.39. The van der Waals surface area contributed by atoms with Crippen molar-refractivity contribution in [3.63, 3.8) is 0 Å². The summed E-state index contributed by atoms with van der Waals surface area (Å²) in [7, 11) is 0. The molecule has 2 aliphatic heterocycles. The fourth-order valence-electron chi connectivity index (χ4n) is 5.05. The van der Waals surface area contributed by atoms with Gasteiger partial charge in [-0.2, -0.15) is 0 Å². The fourth-order valence-corrected chi connectivity index (χ4v) is 6.34. The summed E-state index contributed by atoms with van der Waals surface area (Å²) >= 11 is 1.77. The van der Waals surface area contributed by atoms with Crippen LogP contribution in [-0.4, -0.2) is 35.2 Å². The van der Waals surface area contributed by atoms with E-state index >= 15 is 0 Å². The second-order valence-electron chi connectivity index (χ2n) is 8.17. The van der Waals surface area contributed by atoms with Crippen LogP contribution in [0.5, 0.6) is 0 Å². The number of ether oxygens (including phenoxy) is 1. The molecule has 150 valence electrons. The molecule has 2 heterocycles. The van der Waals surface area contributed by atoms with E-state index in [1.54, 1.807) is 17.8 Å². The van der Waals surface area contributed by atoms with Gasteiger partial charge in [-0.1, -0.05) is 54.6 Å². The van der Waals surface area contributed by atoms with E-state index < -0.39 is 5.97 Å². The minimum atomic E-state index is -0.516. The number of amides is 1. The topological polar surface area (TPSA) is 46.6 Å². The maximum Gasteiger partial charge on any atom is 0.344 e. The van der Waals surface area contributed by atoms with E-state index in [0.29, 0.717) is 6.54 Å². The Balaban J connectivity index is 1.37. The summed E-state index contributed by atoms with van der Waals surface area (Å²) in [5, 5.41) is 2.50. The Morgan fingerprint density at radius 2 is 1.90 bits per heavy atom. The number of benzene rings is 2. The summed E-state index contributed by atoms with van der Waals surface area (Å²) in [4.78, 5) is 27.9. The Hall–Kier alpha value is -2.79. The monoisotopic (exact) mass is 415 g/mol. The van der Waals surface area contributed by atoms with E-state index in [2.05, 4.69) is 30.3 Å². The molecule has 0 N–H and O–H groups in total. The molecule has 1 amide bonds. The van der Waals surface area contributed by atoms with Crippen LogP contribution in [0.4, 0.5) is 0 Å². The SMILES string of the molecule is O=C1O[C@@H]2C=CC=C[C@@H]2C=C1C(=O)N1CCS[C@@H]1c1ccc2c3c(cccc13)CC2. The zero-order valence-electron chi connectivity index (χ0n) is 16.4. The van der Waals surface area contributed by atoms with Gasteiger partial charge >= 0.3 is 5.97 Å². The molecule has 0 bridgehead atoms. The van der Waals surface area contributed by atoms with Crippen LogP contribution in [-0.2, 0) is 27.2 Å². The number of nitrogens with zero attached hydrogens (tertiary/aromatic N) is 1. The number of carbonyl (C=O) groups excluding carboxylic acids is 2. The molecule has 1 fully saturated rings. The van der Waals surface area contributed by atoms with Crippen LogP contribution in [0.25, 0.3) is 10.8 Å². The third-order valence-corrected chi connectivity index (χ3v) is 7.75. The third kappa shape index (κ3) is 2.68. The lowest BCUT2D eigenvalue weighted by Gasteiger charge is -2.30. The predicted octanol–water partition coefficient (Wildman–Crippen LogP) is 4.11. The molecule has 30 heavy (non-hydrogen) atoms. The van der Waals surface area contributed by atoms with E-state index in [1.165, 1.54) is 21.9 Å². The first kappa shape index (κ1) is 18.0. The Morgan fingerprint density at radius 1 is 1.07 bits per heavy atom. The van der Waals surface area contributed by atoms with E-state index in [0.717, 1.165) is 24.2 Å². The highest BCUT2D eigenvalue weighted by Crippen LogP contribution is 2.44. The number of fused-ring (bicyclic) bond motifs is 1. The van der Waals surface area contributed by atoms with Crippen molar-refractivity contribution in [3.8, 4) is 0 Å². The first-order valence-electron chi connectivity index (χ1n) is 10.4. The van der Waals surface area contributed by atoms with Gasteiger partial charge in [0.2, 0.25) is 0 Å². The van der Waals surface area contributed by atoms with Gasteiger partial charge in [0, 0.05) is 18.2 Å². The Bertz CT molecular complexity index is 1170. The Labute approximate surface area is 179 Å². The summed E-state index contributed by atoms with van der Waals surface area (Å²) in [6.45, 7) is 0.631. The van der Waals surface area contributed by atoms with Gasteiger partial charge in [0.05, 0.1) is 0 Å². The maximum absolute atomic E-state index is 13.5. The average molecular weight is 416 g/mol. The highest BCUT2D eigenvalue weighted by Gasteiger charge is 2.39. The molecule has 2 aromatic carbocycles. The first-order chi connectivity index (χ1) is 14.7. The fraction of sp³-hybridized carbons (Fsp3) is 0.280. The zero-order chi connectivity index (χ0) is 20.2. The van der Waals surface area contributed by atoms with Crippen LogP contribution >= 0.6 is 11.8 Å². The molecular weight excluding hydrogens is 394 g/mol. The number of rotatable bonds is 2. The highest BCUT2D eigenvalue weighted by molar-refractivity contribution is 7.99. The van der Waals surface area contributed by atoms with E-state index in [9.17, 15) is 9.59 Å². The number of carbonyl (C=O) groups is 2. The number of esters is 1. The van der Waals surface area contributed by atoms with Crippen molar-refractivity contribution in [2.45, 2.75) is 24.3 Å². The molecule has 2 aliphatic carbocycles. The minimum Gasteiger partial charge on any atom is -0.453 e. The number of aryl methyl sites for hydroxylation is 2. The lowest BCUT2D eigenvalue weighted by atomic mass is 9.92. The van der Waals surface area contributed by atoms with Crippen molar-refractivity contribution in [1.29, 1.82) is 0 Å². The number of allylic oxidation sites excluding steroid dienone is 2. The van der Waals surface area contributed by atoms with Crippen LogP contribution < -0.4 is 0 Å². The van der Waals surface area contributed by atoms with Gasteiger partial charge in [0.1, 0.15) is 17.1 Å². The average Bonchev–Trinajstić information content (AvgIpc) is 3.42. The molecule has 0 spiro atoms. The molecule has 0 aromatic heterocycles. The van der Waals surface area contributed by atoms with Crippen LogP contribution in [0, 0.1) is 5.92 Å². The summed E-state index contributed by atoms with van der Waals surface area (Å²) in [5.41, 5.74) is 4.12. The van der Waals surface area contributed by atoms with Crippen molar-refractivity contribution in [1.82, 2.24) is 4.90 Å². The maximum atomic E-state index is 13.5. The number of hydrogen-bond acceptors (Lipinski definition) is 4. The molecule has 0 unspecified atom stereocenters. The quantitative estimate of drug-likeness (QED) is 0.547. The van der Waals surface area contributed by atoms with Crippen molar-refractivity contribution in [3.05, 3.63) is 83.0 Å². The Kier molecular flexibility index (Phi) is 4.13. The van der Waals surface area contributed by atoms with E-state index in [1.807, 2.05) is 29.2 Å². The first-order valence-corrected chi connectivity index (χ1v) is 11.5. The molecule has 4 aliphatic rings. The normalized spacial score (nSPS) is 26.7. The van der Waals surface area contributed by atoms with E-state index in [-0.39, 0.29) is 28.9 Å². The summed E-state index contributed by atoms with van der Waals surface area (Å²) < 4.78 is 5.53. The van der Waals surface area contributed by atoms with Crippen LogP contribution in [0.15, 0.2) is 66.3 Å². The van der Waals surface area contributed by atoms with Gasteiger partial charge < -0.3 is 9.64 Å². The van der Waals surface area contributed by atoms with Gasteiger partial charge in [-0.25, -0.2) is 4.79 Å². The van der Waals surface area contributed by atoms with Gasteiger partial charge in [-0.05, 0) is 46.4 Å². The second kappa shape index (κ2) is 6.88. The van der Waals surface area contributed by atoms with Crippen LogP contribution in [0.3, 0.4) is 0 Å². The number of thioether (sulfide) groups is 1. The lowest BCUT2D eigenvalue weighted by molar-refractivity contribution is -0.147. The standard InChI is InChI=1S/C25H21NO3S/c27-23(20-14-17-4-1-2-7-21(17)29-25(20)28)26-12-13-30-24(26)19-11-10-16-9-8-15-5-3-6-18(19)22(15)16/h1-7,10-11,14,17,21,24H,8-9,12-13H2/t17-,21-,24-/m1/s1. The zero-order valence-corrected chi connectivity index (χ0v) is 17.2. The van der Waals surface area contributed by atoms with Gasteiger partial charge in [0.15, 0.2) is 0 Å². The van der Waals surface area contributed by atoms with Crippen molar-refractivity contribution >= 4 is 34.4 Å². The van der Waals surface area contributed by atoms with Crippen LogP contribution in [0.1, 0.15) is 22.1 Å².